The van der Waals surface area contributed by atoms with Crippen molar-refractivity contribution < 1.29 is 13.2 Å². The molecule has 0 bridgehead atoms. The second-order valence-corrected chi connectivity index (χ2v) is 9.80. The molecule has 0 N–H and O–H groups in total. The van der Waals surface area contributed by atoms with Crippen LogP contribution in [0.25, 0.3) is 0 Å². The molecule has 1 heterocycles. The first kappa shape index (κ1) is 19.3. The Morgan fingerprint density at radius 2 is 1.62 bits per heavy atom. The van der Waals surface area contributed by atoms with Gasteiger partial charge >= 0.3 is 0 Å². The average molecular weight is 371 g/mol. The first-order chi connectivity index (χ1) is 11.2. The molecule has 1 saturated heterocycles. The third-order valence-electron chi connectivity index (χ3n) is 4.22. The fraction of sp³-hybridized carbons (Fsp3) is 0.588. The normalized spacial score (nSPS) is 17.1. The Balaban J connectivity index is 2.08. The minimum absolute atomic E-state index is 0.00836. The van der Waals surface area contributed by atoms with Gasteiger partial charge in [0.2, 0.25) is 15.9 Å². The third kappa shape index (κ3) is 4.32. The Morgan fingerprint density at radius 1 is 1.08 bits per heavy atom. The van der Waals surface area contributed by atoms with Crippen molar-refractivity contribution >= 4 is 27.7 Å². The number of hydrogen-bond donors (Lipinski definition) is 0. The summed E-state index contributed by atoms with van der Waals surface area (Å²) in [4.78, 5) is 14.0. The number of carbonyl (C=O) groups is 1. The van der Waals surface area contributed by atoms with E-state index in [0.29, 0.717) is 36.8 Å². The van der Waals surface area contributed by atoms with E-state index in [4.69, 9.17) is 0 Å². The lowest BCUT2D eigenvalue weighted by Crippen LogP contribution is -2.50. The van der Waals surface area contributed by atoms with Crippen LogP contribution in [0.15, 0.2) is 29.2 Å². The molecule has 0 saturated carbocycles. The van der Waals surface area contributed by atoms with Crippen LogP contribution < -0.4 is 0 Å². The van der Waals surface area contributed by atoms with Gasteiger partial charge in [-0.2, -0.15) is 16.1 Å². The summed E-state index contributed by atoms with van der Waals surface area (Å²) in [5.41, 5.74) is 1.10. The Kier molecular flexibility index (Phi) is 5.99. The maximum Gasteiger partial charge on any atom is 0.243 e. The van der Waals surface area contributed by atoms with Crippen LogP contribution in [0, 0.1) is 0 Å². The fourth-order valence-electron chi connectivity index (χ4n) is 2.67. The highest BCUT2D eigenvalue weighted by Gasteiger charge is 2.30. The summed E-state index contributed by atoms with van der Waals surface area (Å²) < 4.78 is 27.0. The van der Waals surface area contributed by atoms with E-state index in [1.165, 1.54) is 16.1 Å². The molecular formula is C17H26N2O3S2. The Hall–Kier alpha value is -1.05. The quantitative estimate of drug-likeness (QED) is 0.815. The van der Waals surface area contributed by atoms with Crippen LogP contribution in [0.5, 0.6) is 0 Å². The van der Waals surface area contributed by atoms with E-state index >= 15 is 0 Å². The van der Waals surface area contributed by atoms with Gasteiger partial charge in [0.1, 0.15) is 0 Å². The molecule has 1 aromatic rings. The molecule has 0 aromatic heterocycles. The van der Waals surface area contributed by atoms with Gasteiger partial charge in [0, 0.05) is 26.2 Å². The van der Waals surface area contributed by atoms with E-state index in [2.05, 4.69) is 20.8 Å². The highest BCUT2D eigenvalue weighted by molar-refractivity contribution is 7.99. The monoisotopic (exact) mass is 370 g/mol. The highest BCUT2D eigenvalue weighted by atomic mass is 32.2. The van der Waals surface area contributed by atoms with E-state index in [0.717, 1.165) is 5.56 Å². The molecule has 7 heteroatoms. The molecule has 5 nitrogen and oxygen atoms in total. The van der Waals surface area contributed by atoms with Gasteiger partial charge in [-0.1, -0.05) is 32.9 Å². The summed E-state index contributed by atoms with van der Waals surface area (Å²) >= 11 is 1.49. The topological polar surface area (TPSA) is 57.7 Å². The van der Waals surface area contributed by atoms with Crippen molar-refractivity contribution in [3.8, 4) is 0 Å². The number of nitrogens with zero attached hydrogens (tertiary/aromatic N) is 2. The molecule has 134 valence electrons. The molecule has 0 spiro atoms. The van der Waals surface area contributed by atoms with Crippen LogP contribution >= 0.6 is 11.8 Å². The summed E-state index contributed by atoms with van der Waals surface area (Å²) in [7, 11) is -3.50. The number of rotatable bonds is 4. The average Bonchev–Trinajstić information content (AvgIpc) is 2.54. The fourth-order valence-corrected chi connectivity index (χ4v) is 4.52. The van der Waals surface area contributed by atoms with Crippen LogP contribution in [0.3, 0.4) is 0 Å². The van der Waals surface area contributed by atoms with Gasteiger partial charge in [0.25, 0.3) is 0 Å². The SMILES string of the molecule is CSCC(=O)N1CCN(S(=O)(=O)c2ccc(C(C)(C)C)cc2)CC1. The minimum Gasteiger partial charge on any atom is -0.339 e. The number of amides is 1. The third-order valence-corrected chi connectivity index (χ3v) is 6.67. The number of sulfonamides is 1. The van der Waals surface area contributed by atoms with Crippen LogP contribution in [0.4, 0.5) is 0 Å². The van der Waals surface area contributed by atoms with Crippen LogP contribution in [0.1, 0.15) is 26.3 Å². The summed E-state index contributed by atoms with van der Waals surface area (Å²) in [5, 5.41) is 0. The van der Waals surface area contributed by atoms with Gasteiger partial charge in [-0.15, -0.1) is 0 Å². The second-order valence-electron chi connectivity index (χ2n) is 6.99. The van der Waals surface area contributed by atoms with Crippen molar-refractivity contribution in [3.63, 3.8) is 0 Å². The van der Waals surface area contributed by atoms with Crippen LogP contribution in [-0.2, 0) is 20.2 Å². The van der Waals surface area contributed by atoms with Crippen molar-refractivity contribution in [1.29, 1.82) is 0 Å². The molecule has 0 unspecified atom stereocenters. The van der Waals surface area contributed by atoms with E-state index in [9.17, 15) is 13.2 Å². The Morgan fingerprint density at radius 3 is 2.08 bits per heavy atom. The summed E-state index contributed by atoms with van der Waals surface area (Å²) in [6, 6.07) is 7.12. The van der Waals surface area contributed by atoms with Crippen molar-refractivity contribution in [3.05, 3.63) is 29.8 Å². The van der Waals surface area contributed by atoms with Crippen molar-refractivity contribution in [1.82, 2.24) is 9.21 Å². The van der Waals surface area contributed by atoms with E-state index < -0.39 is 10.0 Å². The van der Waals surface area contributed by atoms with Crippen molar-refractivity contribution in [2.45, 2.75) is 31.1 Å². The maximum absolute atomic E-state index is 12.8. The van der Waals surface area contributed by atoms with Gasteiger partial charge in [-0.3, -0.25) is 4.79 Å². The number of hydrogen-bond acceptors (Lipinski definition) is 4. The van der Waals surface area contributed by atoms with E-state index in [1.807, 2.05) is 18.4 Å². The molecule has 24 heavy (non-hydrogen) atoms. The summed E-state index contributed by atoms with van der Waals surface area (Å²) in [5.74, 6) is 0.523. The largest absolute Gasteiger partial charge is 0.339 e. The van der Waals surface area contributed by atoms with Crippen LogP contribution in [0.2, 0.25) is 0 Å². The molecule has 1 amide bonds. The summed E-state index contributed by atoms with van der Waals surface area (Å²) in [6.07, 6.45) is 1.89. The smallest absolute Gasteiger partial charge is 0.243 e. The van der Waals surface area contributed by atoms with E-state index in [1.54, 1.807) is 17.0 Å². The van der Waals surface area contributed by atoms with Gasteiger partial charge in [-0.05, 0) is 29.4 Å². The molecular weight excluding hydrogens is 344 g/mol. The van der Waals surface area contributed by atoms with Crippen molar-refractivity contribution in [2.24, 2.45) is 0 Å². The molecule has 1 aliphatic heterocycles. The van der Waals surface area contributed by atoms with Crippen molar-refractivity contribution in [2.75, 3.05) is 38.2 Å². The predicted molar refractivity (Wildman–Crippen MR) is 98.9 cm³/mol. The molecule has 1 aliphatic rings. The standard InChI is InChI=1S/C17H26N2O3S2/c1-17(2,3)14-5-7-15(8-6-14)24(21,22)19-11-9-18(10-12-19)16(20)13-23-4/h5-8H,9-13H2,1-4H3. The first-order valence-corrected chi connectivity index (χ1v) is 10.9. The highest BCUT2D eigenvalue weighted by Crippen LogP contribution is 2.25. The number of benzene rings is 1. The lowest BCUT2D eigenvalue weighted by atomic mass is 9.87. The number of carbonyl (C=O) groups excluding carboxylic acids is 1. The van der Waals surface area contributed by atoms with Gasteiger partial charge < -0.3 is 4.90 Å². The first-order valence-electron chi connectivity index (χ1n) is 8.03. The predicted octanol–water partition coefficient (Wildman–Crippen LogP) is 2.18. The molecule has 0 radical (unpaired) electrons. The minimum atomic E-state index is -3.50. The number of piperazine rings is 1. The van der Waals surface area contributed by atoms with Gasteiger partial charge in [0.05, 0.1) is 10.6 Å². The zero-order valence-electron chi connectivity index (χ0n) is 14.8. The van der Waals surface area contributed by atoms with Gasteiger partial charge in [0.15, 0.2) is 0 Å². The lowest BCUT2D eigenvalue weighted by Gasteiger charge is -2.34. The molecule has 0 aliphatic carbocycles. The second kappa shape index (κ2) is 7.45. The maximum atomic E-state index is 12.8. The molecule has 1 fully saturated rings. The molecule has 0 atom stereocenters. The lowest BCUT2D eigenvalue weighted by molar-refractivity contribution is -0.129. The zero-order chi connectivity index (χ0) is 18.0. The Labute approximate surface area is 149 Å². The van der Waals surface area contributed by atoms with Gasteiger partial charge in [-0.25, -0.2) is 8.42 Å². The Bertz CT molecular complexity index is 671. The zero-order valence-corrected chi connectivity index (χ0v) is 16.4. The van der Waals surface area contributed by atoms with E-state index in [-0.39, 0.29) is 11.3 Å². The molecule has 1 aromatic carbocycles. The summed E-state index contributed by atoms with van der Waals surface area (Å²) in [6.45, 7) is 7.91. The number of thioether (sulfide) groups is 1. The van der Waals surface area contributed by atoms with Crippen LogP contribution in [-0.4, -0.2) is 61.7 Å². The molecule has 2 rings (SSSR count).